The minimum absolute atomic E-state index is 0.0362. The Bertz CT molecular complexity index is 3830. The molecule has 1 aromatic heterocycles. The number of carbonyl (C=O) groups excluding carboxylic acids is 6. The fraction of sp³-hybridized carbons (Fsp3) is 0.455. The van der Waals surface area contributed by atoms with Crippen LogP contribution in [0.1, 0.15) is 130 Å². The Morgan fingerprint density at radius 2 is 1.09 bits per heavy atom. The molecule has 20 heteroatoms. The number of amides is 6. The van der Waals surface area contributed by atoms with E-state index in [9.17, 15) is 19.2 Å². The van der Waals surface area contributed by atoms with Crippen molar-refractivity contribution in [1.29, 1.82) is 0 Å². The topological polar surface area (TPSA) is 229 Å². The summed E-state index contributed by atoms with van der Waals surface area (Å²) >= 11 is 1.54. The van der Waals surface area contributed by atoms with Crippen LogP contribution in [0.4, 0.5) is 15.3 Å². The van der Waals surface area contributed by atoms with E-state index < -0.39 is 36.4 Å². The van der Waals surface area contributed by atoms with Gasteiger partial charge >= 0.3 is 12.2 Å². The summed E-state index contributed by atoms with van der Waals surface area (Å²) in [7, 11) is 1.59. The third-order valence-corrected chi connectivity index (χ3v) is 21.3. The van der Waals surface area contributed by atoms with Crippen LogP contribution in [0.2, 0.25) is 0 Å². The highest BCUT2D eigenvalue weighted by molar-refractivity contribution is 7.09. The van der Waals surface area contributed by atoms with Crippen LogP contribution in [0, 0.1) is 5.92 Å². The summed E-state index contributed by atoms with van der Waals surface area (Å²) in [4.78, 5) is 95.5. The maximum Gasteiger partial charge on any atom is 0.415 e. The van der Waals surface area contributed by atoms with Crippen LogP contribution in [-0.4, -0.2) is 138 Å². The van der Waals surface area contributed by atoms with Crippen LogP contribution in [0.15, 0.2) is 139 Å². The molecule has 4 atom stereocenters. The predicted molar refractivity (Wildman–Crippen MR) is 379 cm³/mol. The van der Waals surface area contributed by atoms with Crippen LogP contribution in [0.3, 0.4) is 0 Å². The lowest BCUT2D eigenvalue weighted by Gasteiger charge is -2.42. The maximum atomic E-state index is 15.3. The number of nitrogens with two attached hydrogens (primary N) is 1. The second kappa shape index (κ2) is 33.1. The number of carbonyl (C=O) groups is 6. The Morgan fingerprint density at radius 1 is 0.526 bits per heavy atom. The van der Waals surface area contributed by atoms with Crippen molar-refractivity contribution < 1.29 is 43.0 Å². The molecular weight excluding hydrogens is 1240 g/mol. The van der Waals surface area contributed by atoms with E-state index in [4.69, 9.17) is 19.9 Å². The van der Waals surface area contributed by atoms with Crippen LogP contribution < -0.4 is 46.5 Å². The molecule has 0 bridgehead atoms. The summed E-state index contributed by atoms with van der Waals surface area (Å²) in [5.41, 5.74) is 10.4. The van der Waals surface area contributed by atoms with Gasteiger partial charge in [0.25, 0.3) is 0 Å². The number of ether oxygens (including phenoxy) is 3. The van der Waals surface area contributed by atoms with Gasteiger partial charge in [0.05, 0.1) is 38.8 Å². The number of methoxy groups -OCH3 is 1. The lowest BCUT2D eigenvalue weighted by Crippen LogP contribution is -2.65. The highest BCUT2D eigenvalue weighted by Gasteiger charge is 2.43. The van der Waals surface area contributed by atoms with Gasteiger partial charge in [0.1, 0.15) is 29.3 Å². The van der Waals surface area contributed by atoms with E-state index in [-0.39, 0.29) is 81.5 Å². The van der Waals surface area contributed by atoms with Gasteiger partial charge < -0.3 is 66.1 Å². The number of piperazine rings is 2. The Labute approximate surface area is 573 Å². The zero-order valence-electron chi connectivity index (χ0n) is 55.9. The second-order valence-electron chi connectivity index (χ2n) is 26.9. The maximum absolute atomic E-state index is 15.3. The first-order valence-corrected chi connectivity index (χ1v) is 36.1. The van der Waals surface area contributed by atoms with Crippen LogP contribution >= 0.6 is 11.3 Å². The van der Waals surface area contributed by atoms with Crippen molar-refractivity contribution in [3.63, 3.8) is 0 Å². The van der Waals surface area contributed by atoms with Crippen molar-refractivity contribution in [3.8, 4) is 17.2 Å². The Hall–Kier alpha value is -8.56. The Balaban J connectivity index is 0.731. The molecule has 2 aliphatic heterocycles. The molecule has 7 aromatic rings. The smallest absolute Gasteiger partial charge is 0.415 e. The summed E-state index contributed by atoms with van der Waals surface area (Å²) in [5.74, 6) is 0.857. The lowest BCUT2D eigenvalue weighted by atomic mass is 9.83. The summed E-state index contributed by atoms with van der Waals surface area (Å²) in [5, 5.41) is 22.6. The number of hydrogen-bond donors (Lipinski definition) is 6. The first-order valence-electron chi connectivity index (χ1n) is 35.3. The zero-order chi connectivity index (χ0) is 67.0. The number of thiophene rings is 1. The van der Waals surface area contributed by atoms with Crippen molar-refractivity contribution in [2.45, 2.75) is 172 Å². The number of anilines is 1. The number of nitrogens with zero attached hydrogens (tertiary/aromatic N) is 4. The molecule has 7 N–H and O–H groups in total. The van der Waals surface area contributed by atoms with E-state index in [0.29, 0.717) is 54.6 Å². The molecule has 5 aliphatic rings. The third-order valence-electron chi connectivity index (χ3n) is 20.4. The highest BCUT2D eigenvalue weighted by Crippen LogP contribution is 2.35. The van der Waals surface area contributed by atoms with Crippen molar-refractivity contribution >= 4 is 74.4 Å². The van der Waals surface area contributed by atoms with Gasteiger partial charge in [0.2, 0.25) is 23.6 Å². The fourth-order valence-electron chi connectivity index (χ4n) is 15.1. The molecule has 3 heterocycles. The first-order chi connectivity index (χ1) is 47.4. The molecule has 97 heavy (non-hydrogen) atoms. The van der Waals surface area contributed by atoms with E-state index in [2.05, 4.69) is 32.7 Å². The summed E-state index contributed by atoms with van der Waals surface area (Å²) in [6.45, 7) is 1.81. The van der Waals surface area contributed by atoms with Crippen LogP contribution in [0.25, 0.3) is 21.5 Å². The van der Waals surface area contributed by atoms with Crippen molar-refractivity contribution in [3.05, 3.63) is 166 Å². The van der Waals surface area contributed by atoms with Gasteiger partial charge in [0, 0.05) is 90.2 Å². The van der Waals surface area contributed by atoms with Gasteiger partial charge in [-0.15, -0.1) is 11.3 Å². The molecule has 6 aromatic carbocycles. The Kier molecular flexibility index (Phi) is 23.4. The molecular formula is C77H94N10O9S. The molecule has 19 nitrogen and oxygen atoms in total. The number of fused-ring (bicyclic) bond motifs is 2. The number of nitrogens with one attached hydrogen (secondary N) is 5. The normalized spacial score (nSPS) is 18.9. The molecule has 0 spiro atoms. The average Bonchev–Trinajstić information content (AvgIpc) is 0.973. The van der Waals surface area contributed by atoms with E-state index in [1.54, 1.807) is 33.9 Å². The Morgan fingerprint density at radius 3 is 1.74 bits per heavy atom. The lowest BCUT2D eigenvalue weighted by molar-refractivity contribution is -0.145. The fourth-order valence-corrected chi connectivity index (χ4v) is 15.7. The second-order valence-corrected chi connectivity index (χ2v) is 28.0. The van der Waals surface area contributed by atoms with E-state index in [1.165, 1.54) is 29.1 Å². The minimum atomic E-state index is -0.975. The van der Waals surface area contributed by atoms with Crippen molar-refractivity contribution in [2.24, 2.45) is 11.7 Å². The summed E-state index contributed by atoms with van der Waals surface area (Å²) in [6, 6.07) is 39.8. The molecule has 512 valence electrons. The van der Waals surface area contributed by atoms with Crippen LogP contribution in [-0.2, 0) is 51.8 Å². The van der Waals surface area contributed by atoms with Gasteiger partial charge in [0.15, 0.2) is 0 Å². The number of benzene rings is 6. The summed E-state index contributed by atoms with van der Waals surface area (Å²) in [6.07, 6.45) is 16.3. The van der Waals surface area contributed by atoms with E-state index in [0.717, 1.165) is 139 Å². The third kappa shape index (κ3) is 17.4. The zero-order valence-corrected chi connectivity index (χ0v) is 56.7. The van der Waals surface area contributed by atoms with Gasteiger partial charge in [-0.05, 0) is 102 Å². The predicted octanol–water partition coefficient (Wildman–Crippen LogP) is 11.6. The minimum Gasteiger partial charge on any atom is -0.496 e. The molecule has 6 amide bonds. The molecule has 12 rings (SSSR count). The molecule has 3 saturated carbocycles. The van der Waals surface area contributed by atoms with Crippen molar-refractivity contribution in [2.75, 3.05) is 51.7 Å². The summed E-state index contributed by atoms with van der Waals surface area (Å²) < 4.78 is 17.9. The monoisotopic (exact) mass is 1330 g/mol. The van der Waals surface area contributed by atoms with Gasteiger partial charge in [-0.3, -0.25) is 19.2 Å². The standard InChI is InChI=1S/C77H94N10O9S/c1-94-71-45-55(33-34-57(71)46-78)48-80-72(88)67-50-85(38-39-86(67)74(90)65(43-52-18-5-2-6-19-52)82-58-24-7-3-8-25-58)77(93)96-70-36-35-64(62-30-13-14-31-63(62)70)79-47-54-21-15-20-53(42-54)44-66(83-59-26-9-4-10-27-59)75(91)87-40-37-84(51-68(87)73(89)81-49-60-28-17-41-97-60)76(92)95-69-32-16-23-56-22-11-12-29-61(56)69/h11-17,20-23,28-36,41-42,45,52,58-59,65-68,79,82-83H,2-10,18-19,24-27,37-40,43-44,46-51,78H2,1H3,(H,80,88)(H,81,89)/t65-,66-,67+,68+/m1/s1. The van der Waals surface area contributed by atoms with Crippen LogP contribution in [0.5, 0.6) is 17.2 Å². The first kappa shape index (κ1) is 68.4. The van der Waals surface area contributed by atoms with Gasteiger partial charge in [-0.25, -0.2) is 9.59 Å². The van der Waals surface area contributed by atoms with E-state index >= 15 is 9.59 Å². The average molecular weight is 1340 g/mol. The van der Waals surface area contributed by atoms with Gasteiger partial charge in [-0.1, -0.05) is 174 Å². The van der Waals surface area contributed by atoms with Crippen molar-refractivity contribution in [1.82, 2.24) is 40.9 Å². The molecule has 3 aliphatic carbocycles. The number of hydrogen-bond acceptors (Lipinski definition) is 14. The SMILES string of the molecule is COc1cc(CNC(=O)[C@@H]2CN(C(=O)Oc3ccc(NCc4cccc(C[C@@H](NC5CCCCC5)C(=O)N5CCN(C(=O)Oc6cccc7ccccc67)C[C@H]5C(=O)NCc5cccs5)c4)c4ccccc34)CCN2C(=O)[C@@H](CC2CCCCC2)NC2CCCCC2)ccc1CN. The molecule has 5 fully saturated rings. The largest absolute Gasteiger partial charge is 0.496 e. The molecule has 0 radical (unpaired) electrons. The molecule has 0 unspecified atom stereocenters. The molecule has 2 saturated heterocycles. The van der Waals surface area contributed by atoms with E-state index in [1.807, 2.05) is 121 Å². The van der Waals surface area contributed by atoms with Gasteiger partial charge in [-0.2, -0.15) is 0 Å². The quantitative estimate of drug-likeness (QED) is 0.0351. The highest BCUT2D eigenvalue weighted by atomic mass is 32.1. The number of rotatable bonds is 23.